The molecule has 2 saturated heterocycles. The number of thioether (sulfide) groups is 1. The zero-order valence-electron chi connectivity index (χ0n) is 25.7. The molecule has 2 amide bonds. The molecule has 238 valence electrons. The molecular formula is C38H35N3O4S2. The van der Waals surface area contributed by atoms with Gasteiger partial charge in [-0.15, -0.1) is 11.8 Å². The summed E-state index contributed by atoms with van der Waals surface area (Å²) >= 11 is 1.68. The second kappa shape index (κ2) is 13.0. The van der Waals surface area contributed by atoms with Crippen LogP contribution in [-0.2, 0) is 24.4 Å². The van der Waals surface area contributed by atoms with Gasteiger partial charge in [-0.2, -0.15) is 4.31 Å². The van der Waals surface area contributed by atoms with E-state index in [4.69, 9.17) is 0 Å². The van der Waals surface area contributed by atoms with Crippen LogP contribution < -0.4 is 5.43 Å². The van der Waals surface area contributed by atoms with Crippen LogP contribution in [0.5, 0.6) is 0 Å². The summed E-state index contributed by atoms with van der Waals surface area (Å²) in [6, 6.07) is 42.5. The molecular weight excluding hydrogens is 627 g/mol. The lowest BCUT2D eigenvalue weighted by Gasteiger charge is -2.37. The van der Waals surface area contributed by atoms with Crippen molar-refractivity contribution in [2.75, 3.05) is 13.1 Å². The smallest absolute Gasteiger partial charge is 0.259 e. The number of nitrogens with zero attached hydrogens (tertiary/aromatic N) is 2. The summed E-state index contributed by atoms with van der Waals surface area (Å²) in [6.45, 7) is 0.469. The van der Waals surface area contributed by atoms with Crippen molar-refractivity contribution in [1.29, 1.82) is 0 Å². The molecule has 47 heavy (non-hydrogen) atoms. The number of benzene rings is 5. The van der Waals surface area contributed by atoms with Crippen LogP contribution in [0.15, 0.2) is 138 Å². The standard InChI is InChI=1S/C38H35N3O4S2/c42-36-21-12-24-40(39-36)37(43)35-26-33(27-41(35)47(44,45)34-23-22-28-13-10-11-14-29(28)25-34)46-38(30-15-4-1-5-16-30,31-17-6-2-7-18-31)32-19-8-3-9-20-32/h1-11,13-20,22-23,25,33,35H,12,21,24,26-27H2,(H,39,42)/t33-,35+/m1/s1. The van der Waals surface area contributed by atoms with Crippen LogP contribution in [0, 0.1) is 0 Å². The maximum Gasteiger partial charge on any atom is 0.259 e. The fourth-order valence-electron chi connectivity index (χ4n) is 6.79. The molecule has 2 atom stereocenters. The number of hydrogen-bond acceptors (Lipinski definition) is 5. The van der Waals surface area contributed by atoms with Gasteiger partial charge in [0.2, 0.25) is 15.9 Å². The van der Waals surface area contributed by atoms with Crippen LogP contribution in [0.1, 0.15) is 36.0 Å². The molecule has 7 rings (SSSR count). The van der Waals surface area contributed by atoms with E-state index in [1.54, 1.807) is 30.0 Å². The summed E-state index contributed by atoms with van der Waals surface area (Å²) < 4.78 is 29.7. The van der Waals surface area contributed by atoms with Crippen molar-refractivity contribution in [2.45, 2.75) is 40.2 Å². The van der Waals surface area contributed by atoms with Crippen molar-refractivity contribution in [1.82, 2.24) is 14.7 Å². The molecule has 0 bridgehead atoms. The highest BCUT2D eigenvalue weighted by atomic mass is 32.2. The maximum absolute atomic E-state index is 14.5. The van der Waals surface area contributed by atoms with Crippen LogP contribution in [0.25, 0.3) is 10.8 Å². The third-order valence-corrected chi connectivity index (χ3v) is 12.6. The van der Waals surface area contributed by atoms with E-state index < -0.39 is 26.7 Å². The van der Waals surface area contributed by atoms with E-state index in [1.165, 1.54) is 9.31 Å². The molecule has 0 aromatic heterocycles. The highest BCUT2D eigenvalue weighted by molar-refractivity contribution is 8.01. The van der Waals surface area contributed by atoms with Crippen LogP contribution in [0.2, 0.25) is 0 Å². The Kier molecular flexibility index (Phi) is 8.61. The van der Waals surface area contributed by atoms with Crippen molar-refractivity contribution in [2.24, 2.45) is 0 Å². The first-order valence-corrected chi connectivity index (χ1v) is 18.1. The largest absolute Gasteiger partial charge is 0.273 e. The van der Waals surface area contributed by atoms with Gasteiger partial charge in [-0.1, -0.05) is 121 Å². The zero-order valence-corrected chi connectivity index (χ0v) is 27.4. The fourth-order valence-corrected chi connectivity index (χ4v) is 10.4. The molecule has 0 radical (unpaired) electrons. The van der Waals surface area contributed by atoms with E-state index in [0.717, 1.165) is 27.5 Å². The number of rotatable bonds is 8. The van der Waals surface area contributed by atoms with E-state index >= 15 is 0 Å². The van der Waals surface area contributed by atoms with Crippen LogP contribution in [-0.4, -0.2) is 53.9 Å². The summed E-state index contributed by atoms with van der Waals surface area (Å²) in [5.74, 6) is -0.649. The Morgan fingerprint density at radius 3 is 1.87 bits per heavy atom. The molecule has 5 aromatic carbocycles. The molecule has 9 heteroatoms. The molecule has 0 aliphatic carbocycles. The minimum absolute atomic E-state index is 0.131. The number of carbonyl (C=O) groups is 2. The van der Waals surface area contributed by atoms with Crippen molar-refractivity contribution in [3.63, 3.8) is 0 Å². The normalized spacial score (nSPS) is 19.1. The van der Waals surface area contributed by atoms with Crippen molar-refractivity contribution in [3.05, 3.63) is 150 Å². The van der Waals surface area contributed by atoms with Crippen LogP contribution in [0.3, 0.4) is 0 Å². The Hall–Kier alpha value is -4.44. The number of sulfonamides is 1. The van der Waals surface area contributed by atoms with Gasteiger partial charge in [0.05, 0.1) is 9.64 Å². The van der Waals surface area contributed by atoms with Gasteiger partial charge in [0.15, 0.2) is 0 Å². The average molecular weight is 662 g/mol. The number of nitrogens with one attached hydrogen (secondary N) is 1. The van der Waals surface area contributed by atoms with Gasteiger partial charge in [0, 0.05) is 24.8 Å². The fraction of sp³-hybridized carbons (Fsp3) is 0.211. The van der Waals surface area contributed by atoms with Crippen LogP contribution >= 0.6 is 11.8 Å². The monoisotopic (exact) mass is 661 g/mol. The minimum Gasteiger partial charge on any atom is -0.273 e. The van der Waals surface area contributed by atoms with Crippen LogP contribution in [0.4, 0.5) is 0 Å². The van der Waals surface area contributed by atoms with E-state index in [9.17, 15) is 18.0 Å². The molecule has 2 fully saturated rings. The molecule has 0 saturated carbocycles. The lowest BCUT2D eigenvalue weighted by atomic mass is 9.84. The predicted molar refractivity (Wildman–Crippen MR) is 186 cm³/mol. The molecule has 5 aromatic rings. The van der Waals surface area contributed by atoms with Gasteiger partial charge >= 0.3 is 0 Å². The Morgan fingerprint density at radius 1 is 0.745 bits per heavy atom. The van der Waals surface area contributed by atoms with Gasteiger partial charge in [-0.25, -0.2) is 8.42 Å². The van der Waals surface area contributed by atoms with Crippen molar-refractivity contribution in [3.8, 4) is 0 Å². The third-order valence-electron chi connectivity index (χ3n) is 9.03. The lowest BCUT2D eigenvalue weighted by molar-refractivity contribution is -0.146. The van der Waals surface area contributed by atoms with Gasteiger partial charge < -0.3 is 0 Å². The predicted octanol–water partition coefficient (Wildman–Crippen LogP) is 6.35. The topological polar surface area (TPSA) is 86.8 Å². The first kappa shape index (κ1) is 31.2. The Morgan fingerprint density at radius 2 is 1.30 bits per heavy atom. The second-order valence-electron chi connectivity index (χ2n) is 12.0. The van der Waals surface area contributed by atoms with Gasteiger partial charge in [0.1, 0.15) is 6.04 Å². The van der Waals surface area contributed by atoms with E-state index in [-0.39, 0.29) is 29.0 Å². The summed E-state index contributed by atoms with van der Waals surface area (Å²) in [4.78, 5) is 26.6. The summed E-state index contributed by atoms with van der Waals surface area (Å²) in [7, 11) is -4.10. The molecule has 0 spiro atoms. The highest BCUT2D eigenvalue weighted by Crippen LogP contribution is 2.52. The first-order valence-electron chi connectivity index (χ1n) is 15.8. The minimum atomic E-state index is -4.10. The van der Waals surface area contributed by atoms with Gasteiger partial charge in [-0.05, 0) is 52.4 Å². The molecule has 0 unspecified atom stereocenters. The summed E-state index contributed by atoms with van der Waals surface area (Å²) in [6.07, 6.45) is 1.15. The molecule has 2 aliphatic heterocycles. The van der Waals surface area contributed by atoms with Gasteiger partial charge in [0.25, 0.3) is 5.91 Å². The first-order chi connectivity index (χ1) is 22.9. The maximum atomic E-state index is 14.5. The number of fused-ring (bicyclic) bond motifs is 1. The highest BCUT2D eigenvalue weighted by Gasteiger charge is 2.49. The average Bonchev–Trinajstić information content (AvgIpc) is 3.56. The Bertz CT molecular complexity index is 1910. The zero-order chi connectivity index (χ0) is 32.4. The number of hydrazine groups is 1. The number of amides is 2. The van der Waals surface area contributed by atoms with E-state index in [2.05, 4.69) is 41.8 Å². The number of carbonyl (C=O) groups excluding carboxylic acids is 2. The van der Waals surface area contributed by atoms with Crippen molar-refractivity contribution < 1.29 is 18.0 Å². The molecule has 2 aliphatic rings. The lowest BCUT2D eigenvalue weighted by Crippen LogP contribution is -2.56. The SMILES string of the molecule is O=C1CCCN(C(=O)[C@@H]2C[C@@H](SC(c3ccccc3)(c3ccccc3)c3ccccc3)CN2S(=O)(=O)c2ccc3ccccc3c2)N1. The Labute approximate surface area is 279 Å². The second-order valence-corrected chi connectivity index (χ2v) is 15.4. The molecule has 7 nitrogen and oxygen atoms in total. The number of hydrogen-bond donors (Lipinski definition) is 1. The van der Waals surface area contributed by atoms with Crippen molar-refractivity contribution >= 4 is 44.4 Å². The van der Waals surface area contributed by atoms with E-state index in [0.29, 0.717) is 19.4 Å². The van der Waals surface area contributed by atoms with E-state index in [1.807, 2.05) is 78.9 Å². The Balaban J connectivity index is 1.33. The quantitative estimate of drug-likeness (QED) is 0.196. The van der Waals surface area contributed by atoms with Gasteiger partial charge in [-0.3, -0.25) is 20.0 Å². The summed E-state index contributed by atoms with van der Waals surface area (Å²) in [5.41, 5.74) is 5.87. The summed E-state index contributed by atoms with van der Waals surface area (Å²) in [5, 5.41) is 2.79. The molecule has 1 N–H and O–H groups in total. The molecule has 2 heterocycles. The third kappa shape index (κ3) is 5.95.